The second-order valence-electron chi connectivity index (χ2n) is 8.37. The molecule has 2 aromatic carbocycles. The molecule has 32 heavy (non-hydrogen) atoms. The summed E-state index contributed by atoms with van der Waals surface area (Å²) in [6.07, 6.45) is 2.02. The van der Waals surface area contributed by atoms with Crippen molar-refractivity contribution in [1.29, 1.82) is 0 Å². The Labute approximate surface area is 188 Å². The third kappa shape index (κ3) is 4.88. The van der Waals surface area contributed by atoms with Crippen LogP contribution in [0.25, 0.3) is 11.3 Å². The molecule has 7 nitrogen and oxygen atoms in total. The standard InChI is InChI=1S/C25H30N4O3/c1-17(2)26-25(30)29(19-13-14-19)16-22-23(18-9-6-5-7-10-18)27-28(3)24(22)32-21-12-8-11-20(15-21)31-4/h5-12,15,17,19H,13-14,16H2,1-4H3,(H,26,30). The Hall–Kier alpha value is -3.48. The molecule has 0 radical (unpaired) electrons. The minimum Gasteiger partial charge on any atom is -0.497 e. The number of hydrogen-bond donors (Lipinski definition) is 1. The lowest BCUT2D eigenvalue weighted by molar-refractivity contribution is 0.189. The fourth-order valence-electron chi connectivity index (χ4n) is 3.68. The highest BCUT2D eigenvalue weighted by Gasteiger charge is 2.35. The summed E-state index contributed by atoms with van der Waals surface area (Å²) < 4.78 is 13.4. The van der Waals surface area contributed by atoms with Gasteiger partial charge < -0.3 is 19.7 Å². The van der Waals surface area contributed by atoms with Crippen LogP contribution in [0.4, 0.5) is 4.79 Å². The Morgan fingerprint density at radius 2 is 1.88 bits per heavy atom. The van der Waals surface area contributed by atoms with Gasteiger partial charge in [-0.1, -0.05) is 36.4 Å². The Bertz CT molecular complexity index is 1070. The van der Waals surface area contributed by atoms with Crippen LogP contribution < -0.4 is 14.8 Å². The summed E-state index contributed by atoms with van der Waals surface area (Å²) in [5.74, 6) is 1.98. The van der Waals surface area contributed by atoms with Crippen molar-refractivity contribution in [3.8, 4) is 28.6 Å². The van der Waals surface area contributed by atoms with E-state index in [1.54, 1.807) is 11.8 Å². The van der Waals surface area contributed by atoms with Crippen LogP contribution >= 0.6 is 0 Å². The zero-order chi connectivity index (χ0) is 22.7. The third-order valence-electron chi connectivity index (χ3n) is 5.38. The highest BCUT2D eigenvalue weighted by atomic mass is 16.5. The zero-order valence-electron chi connectivity index (χ0n) is 19.0. The van der Waals surface area contributed by atoms with Crippen molar-refractivity contribution in [2.24, 2.45) is 7.05 Å². The second-order valence-corrected chi connectivity index (χ2v) is 8.37. The molecule has 168 valence electrons. The first kappa shape index (κ1) is 21.7. The lowest BCUT2D eigenvalue weighted by Gasteiger charge is -2.24. The minimum absolute atomic E-state index is 0.0577. The molecule has 1 saturated carbocycles. The van der Waals surface area contributed by atoms with E-state index in [0.717, 1.165) is 29.7 Å². The largest absolute Gasteiger partial charge is 0.497 e. The molecule has 0 spiro atoms. The second kappa shape index (κ2) is 9.34. The van der Waals surface area contributed by atoms with Gasteiger partial charge in [-0.3, -0.25) is 0 Å². The molecular formula is C25H30N4O3. The SMILES string of the molecule is COc1cccc(Oc2c(CN(C(=O)NC(C)C)C3CC3)c(-c3ccccc3)nn2C)c1. The number of urea groups is 1. The van der Waals surface area contributed by atoms with Crippen molar-refractivity contribution >= 4 is 6.03 Å². The summed E-state index contributed by atoms with van der Waals surface area (Å²) in [5, 5.41) is 7.81. The summed E-state index contributed by atoms with van der Waals surface area (Å²) in [5.41, 5.74) is 2.68. The molecule has 7 heteroatoms. The molecule has 1 aliphatic rings. The Morgan fingerprint density at radius 1 is 1.16 bits per heavy atom. The summed E-state index contributed by atoms with van der Waals surface area (Å²) in [7, 11) is 3.49. The van der Waals surface area contributed by atoms with Gasteiger partial charge in [-0.2, -0.15) is 5.10 Å². The van der Waals surface area contributed by atoms with Crippen LogP contribution in [0.1, 0.15) is 32.3 Å². The van der Waals surface area contributed by atoms with Gasteiger partial charge in [0.05, 0.1) is 19.2 Å². The summed E-state index contributed by atoms with van der Waals surface area (Å²) in [4.78, 5) is 14.9. The van der Waals surface area contributed by atoms with Crippen LogP contribution in [0, 0.1) is 0 Å². The first-order valence-corrected chi connectivity index (χ1v) is 11.0. The lowest BCUT2D eigenvalue weighted by atomic mass is 10.1. The molecule has 0 saturated heterocycles. The topological polar surface area (TPSA) is 68.6 Å². The van der Waals surface area contributed by atoms with Crippen molar-refractivity contribution in [3.63, 3.8) is 0 Å². The normalized spacial score (nSPS) is 13.2. The monoisotopic (exact) mass is 434 g/mol. The van der Waals surface area contributed by atoms with E-state index in [4.69, 9.17) is 14.6 Å². The Balaban J connectivity index is 1.74. The fourth-order valence-corrected chi connectivity index (χ4v) is 3.68. The average molecular weight is 435 g/mol. The molecule has 0 atom stereocenters. The van der Waals surface area contributed by atoms with E-state index in [0.29, 0.717) is 23.9 Å². The van der Waals surface area contributed by atoms with Gasteiger partial charge in [0.2, 0.25) is 5.88 Å². The van der Waals surface area contributed by atoms with Gasteiger partial charge in [0.1, 0.15) is 17.2 Å². The highest BCUT2D eigenvalue weighted by molar-refractivity contribution is 5.76. The number of amides is 2. The van der Waals surface area contributed by atoms with Crippen molar-refractivity contribution < 1.29 is 14.3 Å². The molecule has 0 unspecified atom stereocenters. The predicted molar refractivity (Wildman–Crippen MR) is 124 cm³/mol. The van der Waals surface area contributed by atoms with Gasteiger partial charge in [-0.05, 0) is 38.8 Å². The van der Waals surface area contributed by atoms with Crippen molar-refractivity contribution in [2.45, 2.75) is 45.3 Å². The van der Waals surface area contributed by atoms with E-state index in [9.17, 15) is 4.79 Å². The maximum atomic E-state index is 13.0. The number of ether oxygens (including phenoxy) is 2. The van der Waals surface area contributed by atoms with Crippen LogP contribution in [0.2, 0.25) is 0 Å². The summed E-state index contributed by atoms with van der Waals surface area (Å²) in [6.45, 7) is 4.36. The maximum absolute atomic E-state index is 13.0. The van der Waals surface area contributed by atoms with Crippen molar-refractivity contribution in [3.05, 3.63) is 60.2 Å². The molecule has 1 aliphatic carbocycles. The van der Waals surface area contributed by atoms with E-state index < -0.39 is 0 Å². The Morgan fingerprint density at radius 3 is 2.53 bits per heavy atom. The molecule has 4 rings (SSSR count). The van der Waals surface area contributed by atoms with Crippen LogP contribution in [-0.2, 0) is 13.6 Å². The molecule has 0 bridgehead atoms. The maximum Gasteiger partial charge on any atom is 0.318 e. The van der Waals surface area contributed by atoms with Crippen LogP contribution in [0.5, 0.6) is 17.4 Å². The quantitative estimate of drug-likeness (QED) is 0.543. The molecular weight excluding hydrogens is 404 g/mol. The predicted octanol–water partition coefficient (Wildman–Crippen LogP) is 4.97. The smallest absolute Gasteiger partial charge is 0.318 e. The van der Waals surface area contributed by atoms with Crippen LogP contribution in [0.15, 0.2) is 54.6 Å². The molecule has 3 aromatic rings. The molecule has 0 aliphatic heterocycles. The number of hydrogen-bond acceptors (Lipinski definition) is 4. The lowest BCUT2D eigenvalue weighted by Crippen LogP contribution is -2.43. The molecule has 1 aromatic heterocycles. The number of carbonyl (C=O) groups is 1. The number of nitrogens with one attached hydrogen (secondary N) is 1. The number of benzene rings is 2. The number of methoxy groups -OCH3 is 1. The van der Waals surface area contributed by atoms with Gasteiger partial charge in [-0.25, -0.2) is 9.48 Å². The number of rotatable bonds is 8. The molecule has 1 heterocycles. The van der Waals surface area contributed by atoms with Crippen molar-refractivity contribution in [1.82, 2.24) is 20.0 Å². The van der Waals surface area contributed by atoms with Gasteiger partial charge in [-0.15, -0.1) is 0 Å². The van der Waals surface area contributed by atoms with Crippen molar-refractivity contribution in [2.75, 3.05) is 7.11 Å². The number of aryl methyl sites for hydroxylation is 1. The number of aromatic nitrogens is 2. The van der Waals surface area contributed by atoms with E-state index in [-0.39, 0.29) is 18.1 Å². The van der Waals surface area contributed by atoms with E-state index >= 15 is 0 Å². The van der Waals surface area contributed by atoms with E-state index in [1.165, 1.54) is 0 Å². The molecule has 2 amide bonds. The zero-order valence-corrected chi connectivity index (χ0v) is 19.0. The number of carbonyl (C=O) groups excluding carboxylic acids is 1. The highest BCUT2D eigenvalue weighted by Crippen LogP contribution is 2.37. The third-order valence-corrected chi connectivity index (χ3v) is 5.38. The van der Waals surface area contributed by atoms with Crippen LogP contribution in [-0.4, -0.2) is 39.9 Å². The van der Waals surface area contributed by atoms with Gasteiger partial charge in [0, 0.05) is 30.8 Å². The summed E-state index contributed by atoms with van der Waals surface area (Å²) in [6, 6.07) is 17.7. The fraction of sp³-hybridized carbons (Fsp3) is 0.360. The first-order chi connectivity index (χ1) is 15.5. The number of nitrogens with zero attached hydrogens (tertiary/aromatic N) is 3. The first-order valence-electron chi connectivity index (χ1n) is 11.0. The Kier molecular flexibility index (Phi) is 6.35. The summed E-state index contributed by atoms with van der Waals surface area (Å²) >= 11 is 0. The van der Waals surface area contributed by atoms with Gasteiger partial charge in [0.15, 0.2) is 0 Å². The molecule has 1 N–H and O–H groups in total. The molecule has 1 fully saturated rings. The van der Waals surface area contributed by atoms with Gasteiger partial charge >= 0.3 is 6.03 Å². The van der Waals surface area contributed by atoms with Crippen LogP contribution in [0.3, 0.4) is 0 Å². The van der Waals surface area contributed by atoms with E-state index in [2.05, 4.69) is 5.32 Å². The van der Waals surface area contributed by atoms with E-state index in [1.807, 2.05) is 80.4 Å². The minimum atomic E-state index is -0.0577. The average Bonchev–Trinajstić information content (AvgIpc) is 3.58. The van der Waals surface area contributed by atoms with Gasteiger partial charge in [0.25, 0.3) is 0 Å².